The number of hydrogen-bond donors (Lipinski definition) is 0. The second-order valence-electron chi connectivity index (χ2n) is 4.18. The molecule has 0 aliphatic rings. The van der Waals surface area contributed by atoms with E-state index in [2.05, 4.69) is 4.98 Å². The summed E-state index contributed by atoms with van der Waals surface area (Å²) in [6, 6.07) is 7.24. The largest absolute Gasteiger partial charge is 0.466 e. The van der Waals surface area contributed by atoms with Crippen LogP contribution in [0.4, 0.5) is 0 Å². The van der Waals surface area contributed by atoms with Crippen LogP contribution in [0.15, 0.2) is 34.2 Å². The van der Waals surface area contributed by atoms with Gasteiger partial charge in [-0.1, -0.05) is 23.9 Å². The predicted molar refractivity (Wildman–Crippen MR) is 79.0 cm³/mol. The molecule has 5 nitrogen and oxygen atoms in total. The van der Waals surface area contributed by atoms with Gasteiger partial charge in [-0.25, -0.2) is 4.98 Å². The molecule has 106 valence electrons. The average molecular weight is 292 g/mol. The van der Waals surface area contributed by atoms with Gasteiger partial charge in [0.15, 0.2) is 5.16 Å². The Morgan fingerprint density at radius 3 is 2.90 bits per heavy atom. The van der Waals surface area contributed by atoms with E-state index in [9.17, 15) is 9.59 Å². The van der Waals surface area contributed by atoms with Crippen molar-refractivity contribution in [3.8, 4) is 0 Å². The Labute approximate surface area is 121 Å². The third-order valence-electron chi connectivity index (χ3n) is 2.78. The molecule has 20 heavy (non-hydrogen) atoms. The molecule has 0 radical (unpaired) electrons. The number of carbonyl (C=O) groups is 1. The topological polar surface area (TPSA) is 61.2 Å². The van der Waals surface area contributed by atoms with Crippen LogP contribution in [0.3, 0.4) is 0 Å². The van der Waals surface area contributed by atoms with Crippen LogP contribution in [0.25, 0.3) is 10.9 Å². The SMILES string of the molecule is CCOC(=O)CCSc1nc2ccccc2c(=O)n1C. The van der Waals surface area contributed by atoms with E-state index in [-0.39, 0.29) is 11.5 Å². The fourth-order valence-corrected chi connectivity index (χ4v) is 2.68. The molecular formula is C14H16N2O3S. The van der Waals surface area contributed by atoms with Crippen LogP contribution < -0.4 is 5.56 Å². The highest BCUT2D eigenvalue weighted by molar-refractivity contribution is 7.99. The normalized spacial score (nSPS) is 10.7. The zero-order valence-corrected chi connectivity index (χ0v) is 12.3. The molecule has 0 saturated carbocycles. The standard InChI is InChI=1S/C14H16N2O3S/c1-3-19-12(17)8-9-20-14-15-11-7-5-4-6-10(11)13(18)16(14)2/h4-7H,3,8-9H2,1-2H3. The van der Waals surface area contributed by atoms with Gasteiger partial charge in [-0.15, -0.1) is 0 Å². The van der Waals surface area contributed by atoms with Gasteiger partial charge in [0.1, 0.15) is 0 Å². The number of benzene rings is 1. The molecule has 0 amide bonds. The Bertz CT molecular complexity index is 682. The number of carbonyl (C=O) groups excluding carboxylic acids is 1. The lowest BCUT2D eigenvalue weighted by Gasteiger charge is -2.08. The molecule has 0 bridgehead atoms. The van der Waals surface area contributed by atoms with E-state index in [1.165, 1.54) is 16.3 Å². The summed E-state index contributed by atoms with van der Waals surface area (Å²) in [5.41, 5.74) is 0.600. The summed E-state index contributed by atoms with van der Waals surface area (Å²) in [4.78, 5) is 27.9. The first-order chi connectivity index (χ1) is 9.63. The van der Waals surface area contributed by atoms with Crippen LogP contribution >= 0.6 is 11.8 Å². The Morgan fingerprint density at radius 1 is 1.40 bits per heavy atom. The quantitative estimate of drug-likeness (QED) is 0.479. The van der Waals surface area contributed by atoms with Gasteiger partial charge < -0.3 is 4.74 Å². The Morgan fingerprint density at radius 2 is 2.15 bits per heavy atom. The number of para-hydroxylation sites is 1. The first-order valence-corrected chi connectivity index (χ1v) is 7.36. The van der Waals surface area contributed by atoms with Crippen molar-refractivity contribution in [3.05, 3.63) is 34.6 Å². The highest BCUT2D eigenvalue weighted by Crippen LogP contribution is 2.17. The monoisotopic (exact) mass is 292 g/mol. The third kappa shape index (κ3) is 3.19. The molecule has 1 aromatic heterocycles. The Kier molecular flexibility index (Phi) is 4.79. The minimum atomic E-state index is -0.231. The third-order valence-corrected chi connectivity index (χ3v) is 3.82. The van der Waals surface area contributed by atoms with Gasteiger partial charge in [-0.05, 0) is 19.1 Å². The van der Waals surface area contributed by atoms with Crippen LogP contribution in [0.5, 0.6) is 0 Å². The molecule has 0 N–H and O–H groups in total. The minimum Gasteiger partial charge on any atom is -0.466 e. The van der Waals surface area contributed by atoms with E-state index in [0.29, 0.717) is 34.8 Å². The molecule has 0 fully saturated rings. The van der Waals surface area contributed by atoms with Crippen molar-refractivity contribution in [3.63, 3.8) is 0 Å². The number of esters is 1. The van der Waals surface area contributed by atoms with Gasteiger partial charge in [0.25, 0.3) is 5.56 Å². The van der Waals surface area contributed by atoms with Crippen LogP contribution in [-0.4, -0.2) is 27.9 Å². The molecule has 1 aromatic carbocycles. The van der Waals surface area contributed by atoms with Crippen molar-refractivity contribution in [1.82, 2.24) is 9.55 Å². The molecule has 0 saturated heterocycles. The summed E-state index contributed by atoms with van der Waals surface area (Å²) in [5.74, 6) is 0.308. The number of fused-ring (bicyclic) bond motifs is 1. The van der Waals surface area contributed by atoms with Crippen molar-refractivity contribution < 1.29 is 9.53 Å². The first-order valence-electron chi connectivity index (χ1n) is 6.37. The van der Waals surface area contributed by atoms with Crippen molar-refractivity contribution in [2.75, 3.05) is 12.4 Å². The van der Waals surface area contributed by atoms with Gasteiger partial charge in [-0.2, -0.15) is 0 Å². The lowest BCUT2D eigenvalue weighted by Crippen LogP contribution is -2.20. The lowest BCUT2D eigenvalue weighted by molar-refractivity contribution is -0.142. The second kappa shape index (κ2) is 6.56. The summed E-state index contributed by atoms with van der Waals surface area (Å²) < 4.78 is 6.37. The maximum atomic E-state index is 12.2. The number of nitrogens with zero attached hydrogens (tertiary/aromatic N) is 2. The minimum absolute atomic E-state index is 0.0748. The molecule has 1 heterocycles. The molecule has 0 aliphatic heterocycles. The fraction of sp³-hybridized carbons (Fsp3) is 0.357. The smallest absolute Gasteiger partial charge is 0.306 e. The molecule has 6 heteroatoms. The van der Waals surface area contributed by atoms with Crippen LogP contribution in [0, 0.1) is 0 Å². The highest BCUT2D eigenvalue weighted by atomic mass is 32.2. The Hall–Kier alpha value is -1.82. The maximum absolute atomic E-state index is 12.2. The average Bonchev–Trinajstić information content (AvgIpc) is 2.44. The zero-order valence-electron chi connectivity index (χ0n) is 11.5. The predicted octanol–water partition coefficient (Wildman–Crippen LogP) is 1.98. The van der Waals surface area contributed by atoms with E-state index < -0.39 is 0 Å². The van der Waals surface area contributed by atoms with Crippen molar-refractivity contribution in [2.45, 2.75) is 18.5 Å². The van der Waals surface area contributed by atoms with Crippen molar-refractivity contribution in [1.29, 1.82) is 0 Å². The highest BCUT2D eigenvalue weighted by Gasteiger charge is 2.09. The van der Waals surface area contributed by atoms with Crippen LogP contribution in [0.1, 0.15) is 13.3 Å². The van der Waals surface area contributed by atoms with Gasteiger partial charge >= 0.3 is 5.97 Å². The summed E-state index contributed by atoms with van der Waals surface area (Å²) >= 11 is 1.38. The van der Waals surface area contributed by atoms with Crippen LogP contribution in [-0.2, 0) is 16.6 Å². The second-order valence-corrected chi connectivity index (χ2v) is 5.24. The van der Waals surface area contributed by atoms with Gasteiger partial charge in [0, 0.05) is 12.8 Å². The van der Waals surface area contributed by atoms with E-state index in [1.54, 1.807) is 20.0 Å². The molecule has 2 rings (SSSR count). The molecule has 2 aromatic rings. The molecule has 0 spiro atoms. The van der Waals surface area contributed by atoms with E-state index in [0.717, 1.165) is 0 Å². The Balaban J connectivity index is 2.16. The zero-order chi connectivity index (χ0) is 14.5. The van der Waals surface area contributed by atoms with Crippen molar-refractivity contribution >= 4 is 28.6 Å². The molecule has 0 aliphatic carbocycles. The number of thioether (sulfide) groups is 1. The van der Waals surface area contributed by atoms with Crippen LogP contribution in [0.2, 0.25) is 0 Å². The number of ether oxygens (including phenoxy) is 1. The molecule has 0 unspecified atom stereocenters. The summed E-state index contributed by atoms with van der Waals surface area (Å²) in [7, 11) is 1.69. The van der Waals surface area contributed by atoms with E-state index in [1.807, 2.05) is 18.2 Å². The molecule has 0 atom stereocenters. The van der Waals surface area contributed by atoms with Gasteiger partial charge in [-0.3, -0.25) is 14.2 Å². The van der Waals surface area contributed by atoms with E-state index >= 15 is 0 Å². The molecular weight excluding hydrogens is 276 g/mol. The first kappa shape index (κ1) is 14.6. The maximum Gasteiger partial charge on any atom is 0.306 e. The van der Waals surface area contributed by atoms with Gasteiger partial charge in [0.2, 0.25) is 0 Å². The van der Waals surface area contributed by atoms with Crippen molar-refractivity contribution in [2.24, 2.45) is 7.05 Å². The number of rotatable bonds is 5. The number of aromatic nitrogens is 2. The fourth-order valence-electron chi connectivity index (χ4n) is 1.79. The summed E-state index contributed by atoms with van der Waals surface area (Å²) in [6.45, 7) is 2.16. The summed E-state index contributed by atoms with van der Waals surface area (Å²) in [5, 5.41) is 1.21. The lowest BCUT2D eigenvalue weighted by atomic mass is 10.2. The van der Waals surface area contributed by atoms with E-state index in [4.69, 9.17) is 4.74 Å². The summed E-state index contributed by atoms with van der Waals surface area (Å²) in [6.07, 6.45) is 0.307. The number of hydrogen-bond acceptors (Lipinski definition) is 5. The van der Waals surface area contributed by atoms with Gasteiger partial charge in [0.05, 0.1) is 23.9 Å².